The summed E-state index contributed by atoms with van der Waals surface area (Å²) in [6, 6.07) is 20.7. The van der Waals surface area contributed by atoms with Crippen LogP contribution in [0.15, 0.2) is 85.2 Å². The molecule has 11 heteroatoms. The zero-order chi connectivity index (χ0) is 30.0. The number of rotatable bonds is 8. The molecule has 1 aliphatic heterocycles. The van der Waals surface area contributed by atoms with Gasteiger partial charge in [0, 0.05) is 17.7 Å². The molecule has 6 rings (SSSR count). The lowest BCUT2D eigenvalue weighted by molar-refractivity contribution is -0.274. The van der Waals surface area contributed by atoms with Crippen molar-refractivity contribution in [2.75, 3.05) is 6.54 Å². The molecule has 2 N–H and O–H groups in total. The lowest BCUT2D eigenvalue weighted by atomic mass is 10.1. The number of likely N-dealkylation sites (tertiary alicyclic amines) is 1. The number of nitrogens with zero attached hydrogens (tertiary/aromatic N) is 3. The summed E-state index contributed by atoms with van der Waals surface area (Å²) in [5.41, 5.74) is 3.73. The van der Waals surface area contributed by atoms with Crippen LogP contribution >= 0.6 is 0 Å². The van der Waals surface area contributed by atoms with Crippen molar-refractivity contribution in [3.63, 3.8) is 0 Å². The van der Waals surface area contributed by atoms with Crippen LogP contribution in [0.25, 0.3) is 22.5 Å². The van der Waals surface area contributed by atoms with Crippen LogP contribution < -0.4 is 9.47 Å². The van der Waals surface area contributed by atoms with Gasteiger partial charge in [-0.05, 0) is 67.8 Å². The molecule has 43 heavy (non-hydrogen) atoms. The lowest BCUT2D eigenvalue weighted by Crippen LogP contribution is -2.32. The van der Waals surface area contributed by atoms with Crippen molar-refractivity contribution in [3.05, 3.63) is 102 Å². The number of H-pyrrole nitrogens is 2. The quantitative estimate of drug-likeness (QED) is 0.198. The number of halogens is 3. The molecule has 0 unspecified atom stereocenters. The Bertz CT molecular complexity index is 1730. The van der Waals surface area contributed by atoms with E-state index >= 15 is 0 Å². The zero-order valence-corrected chi connectivity index (χ0v) is 23.2. The number of ether oxygens (including phenoxy) is 2. The van der Waals surface area contributed by atoms with E-state index in [1.165, 1.54) is 18.2 Å². The number of imidazole rings is 2. The predicted octanol–water partition coefficient (Wildman–Crippen LogP) is 7.37. The first-order chi connectivity index (χ1) is 20.7. The molecule has 3 heterocycles. The van der Waals surface area contributed by atoms with Gasteiger partial charge in [0.05, 0.1) is 36.2 Å². The zero-order valence-electron chi connectivity index (χ0n) is 23.2. The molecule has 0 spiro atoms. The minimum atomic E-state index is -4.84. The summed E-state index contributed by atoms with van der Waals surface area (Å²) >= 11 is 0. The molecule has 1 atom stereocenters. The summed E-state index contributed by atoms with van der Waals surface area (Å²) in [4.78, 5) is 30.2. The van der Waals surface area contributed by atoms with Crippen molar-refractivity contribution in [2.45, 2.75) is 38.6 Å². The van der Waals surface area contributed by atoms with Gasteiger partial charge in [0.25, 0.3) is 0 Å². The van der Waals surface area contributed by atoms with Crippen LogP contribution in [0.2, 0.25) is 0 Å². The van der Waals surface area contributed by atoms with Gasteiger partial charge in [-0.15, -0.1) is 13.2 Å². The molecule has 1 aliphatic rings. The van der Waals surface area contributed by atoms with Crippen molar-refractivity contribution < 1.29 is 27.4 Å². The predicted molar refractivity (Wildman–Crippen MR) is 153 cm³/mol. The fraction of sp³-hybridized carbons (Fsp3) is 0.219. The molecule has 1 fully saturated rings. The maximum Gasteiger partial charge on any atom is 0.573 e. The van der Waals surface area contributed by atoms with Crippen molar-refractivity contribution >= 4 is 5.91 Å². The van der Waals surface area contributed by atoms with Gasteiger partial charge >= 0.3 is 6.36 Å². The van der Waals surface area contributed by atoms with Gasteiger partial charge in [0.2, 0.25) is 5.91 Å². The summed E-state index contributed by atoms with van der Waals surface area (Å²) in [5, 5.41) is 0. The molecule has 1 amide bonds. The van der Waals surface area contributed by atoms with E-state index in [9.17, 15) is 18.0 Å². The maximum atomic E-state index is 13.2. The number of aryl methyl sites for hydroxylation is 1. The molecule has 0 bridgehead atoms. The average molecular weight is 588 g/mol. The smallest absolute Gasteiger partial charge is 0.457 e. The second kappa shape index (κ2) is 11.7. The van der Waals surface area contributed by atoms with E-state index < -0.39 is 6.36 Å². The SMILES string of the molecule is Cc1ncc(-c2cccc(Oc3ccc(-c4cnc([C@@H]5CCCN5C(=O)Cc5ccccc5OC(F)(F)F)[nH]4)cc3)c2)[nH]1. The van der Waals surface area contributed by atoms with Gasteiger partial charge in [-0.25, -0.2) is 9.97 Å². The second-order valence-electron chi connectivity index (χ2n) is 10.3. The van der Waals surface area contributed by atoms with Crippen molar-refractivity contribution in [1.82, 2.24) is 24.8 Å². The molecule has 0 aliphatic carbocycles. The van der Waals surface area contributed by atoms with E-state index in [1.807, 2.05) is 55.5 Å². The van der Waals surface area contributed by atoms with Crippen LogP contribution in [0.5, 0.6) is 17.2 Å². The largest absolute Gasteiger partial charge is 0.573 e. The fourth-order valence-electron chi connectivity index (χ4n) is 5.27. The minimum Gasteiger partial charge on any atom is -0.457 e. The minimum absolute atomic E-state index is 0.182. The van der Waals surface area contributed by atoms with Crippen LogP contribution in [-0.2, 0) is 11.2 Å². The Balaban J connectivity index is 1.12. The van der Waals surface area contributed by atoms with Crippen LogP contribution in [-0.4, -0.2) is 43.7 Å². The Morgan fingerprint density at radius 3 is 2.47 bits per heavy atom. The number of amides is 1. The monoisotopic (exact) mass is 587 g/mol. The van der Waals surface area contributed by atoms with Crippen LogP contribution in [0, 0.1) is 6.92 Å². The number of carbonyl (C=O) groups is 1. The summed E-state index contributed by atoms with van der Waals surface area (Å²) < 4.78 is 48.7. The van der Waals surface area contributed by atoms with E-state index in [0.29, 0.717) is 30.3 Å². The van der Waals surface area contributed by atoms with E-state index in [0.717, 1.165) is 34.8 Å². The highest BCUT2D eigenvalue weighted by Crippen LogP contribution is 2.34. The first-order valence-corrected chi connectivity index (χ1v) is 13.8. The highest BCUT2D eigenvalue weighted by molar-refractivity contribution is 5.80. The Morgan fingerprint density at radius 2 is 1.70 bits per heavy atom. The summed E-state index contributed by atoms with van der Waals surface area (Å²) in [7, 11) is 0. The number of carbonyl (C=O) groups excluding carboxylic acids is 1. The Morgan fingerprint density at radius 1 is 0.930 bits per heavy atom. The average Bonchev–Trinajstić information content (AvgIpc) is 3.75. The summed E-state index contributed by atoms with van der Waals surface area (Å²) in [6.07, 6.45) is -0.0785. The number of nitrogens with one attached hydrogen (secondary N) is 2. The number of aromatic nitrogens is 4. The third-order valence-corrected chi connectivity index (χ3v) is 7.27. The molecule has 5 aromatic rings. The maximum absolute atomic E-state index is 13.2. The lowest BCUT2D eigenvalue weighted by Gasteiger charge is -2.24. The highest BCUT2D eigenvalue weighted by atomic mass is 19.4. The number of para-hydroxylation sites is 1. The molecule has 220 valence electrons. The molecular formula is C32H28F3N5O3. The fourth-order valence-corrected chi connectivity index (χ4v) is 5.27. The third kappa shape index (κ3) is 6.56. The summed E-state index contributed by atoms with van der Waals surface area (Å²) in [5.74, 6) is 2.18. The van der Waals surface area contributed by atoms with Crippen LogP contribution in [0.4, 0.5) is 13.2 Å². The van der Waals surface area contributed by atoms with Gasteiger partial charge in [-0.3, -0.25) is 4.79 Å². The Hall–Kier alpha value is -5.06. The van der Waals surface area contributed by atoms with E-state index in [2.05, 4.69) is 24.7 Å². The van der Waals surface area contributed by atoms with Gasteiger partial charge in [-0.1, -0.05) is 30.3 Å². The standard InChI is InChI=1S/C32H28F3N5O3/c1-20-36-18-27(38-20)22-7-4-8-25(16-22)42-24-13-11-21(12-14-24)26-19-37-31(39-26)28-9-5-15-40(28)30(41)17-23-6-2-3-10-29(23)43-32(33,34)35/h2-4,6-8,10-14,16,18-19,28H,5,9,15,17H2,1H3,(H,36,38)(H,37,39)/t28-/m0/s1. The van der Waals surface area contributed by atoms with E-state index in [-0.39, 0.29) is 29.7 Å². The molecule has 3 aromatic carbocycles. The normalized spacial score (nSPS) is 15.1. The second-order valence-corrected chi connectivity index (χ2v) is 10.3. The molecule has 2 aromatic heterocycles. The number of hydrogen-bond donors (Lipinski definition) is 2. The molecule has 1 saturated heterocycles. The van der Waals surface area contributed by atoms with Crippen LogP contribution in [0.3, 0.4) is 0 Å². The first kappa shape index (κ1) is 28.1. The topological polar surface area (TPSA) is 96.1 Å². The molecule has 0 saturated carbocycles. The van der Waals surface area contributed by atoms with Gasteiger partial charge in [0.15, 0.2) is 0 Å². The Kier molecular flexibility index (Phi) is 7.62. The number of aromatic amines is 2. The number of hydrogen-bond acceptors (Lipinski definition) is 5. The Labute approximate surface area is 245 Å². The molecule has 0 radical (unpaired) electrons. The molecular weight excluding hydrogens is 559 g/mol. The number of benzene rings is 3. The van der Waals surface area contributed by atoms with Gasteiger partial charge in [0.1, 0.15) is 28.9 Å². The van der Waals surface area contributed by atoms with E-state index in [4.69, 9.17) is 4.74 Å². The summed E-state index contributed by atoms with van der Waals surface area (Å²) in [6.45, 7) is 2.40. The van der Waals surface area contributed by atoms with Crippen molar-refractivity contribution in [3.8, 4) is 39.8 Å². The first-order valence-electron chi connectivity index (χ1n) is 13.8. The van der Waals surface area contributed by atoms with Crippen molar-refractivity contribution in [2.24, 2.45) is 0 Å². The highest BCUT2D eigenvalue weighted by Gasteiger charge is 2.34. The molecule has 8 nitrogen and oxygen atoms in total. The van der Waals surface area contributed by atoms with Gasteiger partial charge in [-0.2, -0.15) is 0 Å². The van der Waals surface area contributed by atoms with Crippen LogP contribution in [0.1, 0.15) is 36.1 Å². The van der Waals surface area contributed by atoms with E-state index in [1.54, 1.807) is 23.4 Å². The number of alkyl halides is 3. The van der Waals surface area contributed by atoms with Gasteiger partial charge < -0.3 is 24.3 Å². The van der Waals surface area contributed by atoms with Crippen molar-refractivity contribution in [1.29, 1.82) is 0 Å². The third-order valence-electron chi connectivity index (χ3n) is 7.27.